The van der Waals surface area contributed by atoms with Gasteiger partial charge in [0.1, 0.15) is 5.75 Å². The van der Waals surface area contributed by atoms with Crippen LogP contribution in [0.5, 0.6) is 5.75 Å². The van der Waals surface area contributed by atoms with E-state index in [1.54, 1.807) is 0 Å². The molecule has 232 valence electrons. The van der Waals surface area contributed by atoms with Crippen molar-refractivity contribution in [2.75, 3.05) is 13.2 Å². The van der Waals surface area contributed by atoms with Gasteiger partial charge in [-0.25, -0.2) is 0 Å². The molecule has 1 aromatic carbocycles. The van der Waals surface area contributed by atoms with Crippen LogP contribution in [0.3, 0.4) is 0 Å². The minimum absolute atomic E-state index is 0.0447. The summed E-state index contributed by atoms with van der Waals surface area (Å²) in [7, 11) is 0. The van der Waals surface area contributed by atoms with Gasteiger partial charge in [0.05, 0.1) is 6.61 Å². The molecule has 0 fully saturated rings. The zero-order chi connectivity index (χ0) is 29.5. The van der Waals surface area contributed by atoms with Crippen LogP contribution in [0.1, 0.15) is 131 Å². The summed E-state index contributed by atoms with van der Waals surface area (Å²) in [6, 6.07) is 7.56. The summed E-state index contributed by atoms with van der Waals surface area (Å²) >= 11 is 6.60. The Kier molecular flexibility index (Phi) is 22.2. The number of nitrogens with one attached hydrogen (secondary N) is 1. The van der Waals surface area contributed by atoms with Crippen LogP contribution in [0.25, 0.3) is 0 Å². The van der Waals surface area contributed by atoms with Gasteiger partial charge >= 0.3 is 188 Å². The van der Waals surface area contributed by atoms with E-state index in [0.29, 0.717) is 21.8 Å². The average Bonchev–Trinajstić information content (AvgIpc) is 2.93. The molecule has 4 nitrogen and oxygen atoms in total. The van der Waals surface area contributed by atoms with Crippen LogP contribution in [-0.2, 0) is 24.8 Å². The Bertz CT molecular complexity index is 743. The Morgan fingerprint density at radius 3 is 2.10 bits per heavy atom. The molecule has 0 saturated carbocycles. The Balaban J connectivity index is 2.33. The Hall–Kier alpha value is -0.728. The SMILES string of the molecule is CCCCCCCCCCOC(C[CH2][Cr][CH2]CC)C(C)NC(=O)C(C)(C)CCCCCCOc1ccc(Cl)cc1. The van der Waals surface area contributed by atoms with E-state index >= 15 is 0 Å². The number of carbonyl (C=O) groups excluding carboxylic acids is 1. The van der Waals surface area contributed by atoms with Crippen LogP contribution in [0.4, 0.5) is 0 Å². The average molecular weight is 618 g/mol. The molecule has 0 aliphatic heterocycles. The molecule has 1 N–H and O–H groups in total. The zero-order valence-corrected chi connectivity index (χ0v) is 28.4. The Morgan fingerprint density at radius 2 is 1.45 bits per heavy atom. The Labute approximate surface area is 258 Å². The monoisotopic (exact) mass is 617 g/mol. The summed E-state index contributed by atoms with van der Waals surface area (Å²) in [5, 5.41) is 6.63. The molecule has 1 amide bonds. The van der Waals surface area contributed by atoms with Crippen molar-refractivity contribution >= 4 is 17.5 Å². The van der Waals surface area contributed by atoms with Crippen molar-refractivity contribution in [1.29, 1.82) is 0 Å². The molecule has 1 rings (SSSR count). The first kappa shape index (κ1) is 37.3. The van der Waals surface area contributed by atoms with Gasteiger partial charge in [0.15, 0.2) is 0 Å². The predicted molar refractivity (Wildman–Crippen MR) is 168 cm³/mol. The van der Waals surface area contributed by atoms with Crippen LogP contribution in [0, 0.1) is 5.41 Å². The first-order valence-electron chi connectivity index (χ1n) is 16.2. The number of carbonyl (C=O) groups is 1. The number of amides is 1. The van der Waals surface area contributed by atoms with Crippen molar-refractivity contribution in [3.8, 4) is 5.75 Å². The van der Waals surface area contributed by atoms with Crippen LogP contribution in [0.2, 0.25) is 15.6 Å². The summed E-state index contributed by atoms with van der Waals surface area (Å²) in [4.78, 5) is 13.2. The van der Waals surface area contributed by atoms with E-state index in [-0.39, 0.29) is 23.5 Å². The van der Waals surface area contributed by atoms with Gasteiger partial charge in [-0.1, -0.05) is 24.9 Å². The van der Waals surface area contributed by atoms with E-state index in [4.69, 9.17) is 21.1 Å². The van der Waals surface area contributed by atoms with E-state index in [1.165, 1.54) is 61.9 Å². The first-order chi connectivity index (χ1) is 19.3. The summed E-state index contributed by atoms with van der Waals surface area (Å²) in [6.45, 7) is 12.4. The molecule has 2 unspecified atom stereocenters. The van der Waals surface area contributed by atoms with Gasteiger partial charge in [-0.15, -0.1) is 0 Å². The van der Waals surface area contributed by atoms with Crippen LogP contribution >= 0.6 is 11.6 Å². The van der Waals surface area contributed by atoms with Crippen molar-refractivity contribution in [3.63, 3.8) is 0 Å². The van der Waals surface area contributed by atoms with E-state index < -0.39 is 0 Å². The van der Waals surface area contributed by atoms with E-state index in [2.05, 4.69) is 39.9 Å². The van der Waals surface area contributed by atoms with Crippen molar-refractivity contribution in [1.82, 2.24) is 5.32 Å². The van der Waals surface area contributed by atoms with Gasteiger partial charge in [0.2, 0.25) is 0 Å². The summed E-state index contributed by atoms with van der Waals surface area (Å²) in [5.74, 6) is 1.02. The predicted octanol–water partition coefficient (Wildman–Crippen LogP) is 10.4. The molecule has 0 radical (unpaired) electrons. The van der Waals surface area contributed by atoms with Crippen LogP contribution in [-0.4, -0.2) is 31.3 Å². The van der Waals surface area contributed by atoms with Gasteiger partial charge < -0.3 is 4.74 Å². The minimum Gasteiger partial charge on any atom is -0.494 e. The van der Waals surface area contributed by atoms with Crippen LogP contribution < -0.4 is 10.1 Å². The number of rotatable bonds is 26. The van der Waals surface area contributed by atoms with Gasteiger partial charge in [-0.05, 0) is 24.3 Å². The second-order valence-electron chi connectivity index (χ2n) is 11.9. The molecule has 1 aromatic rings. The number of halogens is 1. The van der Waals surface area contributed by atoms with Gasteiger partial charge in [-0.2, -0.15) is 0 Å². The quantitative estimate of drug-likeness (QED) is 0.105. The fraction of sp³-hybridized carbons (Fsp3) is 0.794. The molecule has 2 atom stereocenters. The maximum absolute atomic E-state index is 13.2. The van der Waals surface area contributed by atoms with E-state index in [0.717, 1.165) is 62.3 Å². The number of hydrogen-bond donors (Lipinski definition) is 1. The number of unbranched alkanes of at least 4 members (excludes halogenated alkanes) is 10. The molecule has 0 heterocycles. The third-order valence-corrected chi connectivity index (χ3v) is 9.69. The molecule has 40 heavy (non-hydrogen) atoms. The standard InChI is InChI=1S/C31H53ClNO3.C3H7.Cr/c1-6-8-9-10-11-12-14-18-25-36-29(7-2)26(3)33-30(34)31(4,5)23-16-13-15-17-24-35-28-21-19-27(32)20-22-28;1-3-2;/h19-22,26,29H,2,6-18,23-25H2,1,3-5H3,(H,33,34);1,3H2,2H3;. The fourth-order valence-corrected chi connectivity index (χ4v) is 6.26. The molecule has 0 aliphatic rings. The third kappa shape index (κ3) is 18.7. The van der Waals surface area contributed by atoms with Crippen molar-refractivity contribution in [2.24, 2.45) is 5.41 Å². The maximum atomic E-state index is 13.2. The van der Waals surface area contributed by atoms with E-state index in [9.17, 15) is 4.79 Å². The van der Waals surface area contributed by atoms with Crippen molar-refractivity contribution in [2.45, 2.75) is 154 Å². The summed E-state index contributed by atoms with van der Waals surface area (Å²) < 4.78 is 12.2. The number of ether oxygens (including phenoxy) is 2. The first-order valence-corrected chi connectivity index (χ1v) is 18.4. The topological polar surface area (TPSA) is 47.6 Å². The summed E-state index contributed by atoms with van der Waals surface area (Å²) in [6.07, 6.45) is 18.1. The van der Waals surface area contributed by atoms with Crippen LogP contribution in [0.15, 0.2) is 24.3 Å². The minimum atomic E-state index is -0.372. The van der Waals surface area contributed by atoms with E-state index in [1.807, 2.05) is 24.3 Å². The molecule has 0 saturated heterocycles. The van der Waals surface area contributed by atoms with Crippen molar-refractivity contribution in [3.05, 3.63) is 29.3 Å². The normalized spacial score (nSPS) is 13.2. The Morgan fingerprint density at radius 1 is 0.850 bits per heavy atom. The molecule has 0 aromatic heterocycles. The number of benzene rings is 1. The molecular formula is C34H60ClCrNO3. The molecular weight excluding hydrogens is 558 g/mol. The molecule has 0 spiro atoms. The number of hydrogen-bond acceptors (Lipinski definition) is 3. The smallest absolute Gasteiger partial charge is 0.494 e. The zero-order valence-electron chi connectivity index (χ0n) is 26.4. The third-order valence-electron chi connectivity index (χ3n) is 7.53. The molecule has 0 aliphatic carbocycles. The second-order valence-corrected chi connectivity index (χ2v) is 14.2. The van der Waals surface area contributed by atoms with Gasteiger partial charge in [0, 0.05) is 5.02 Å². The van der Waals surface area contributed by atoms with Gasteiger partial charge in [0.25, 0.3) is 0 Å². The van der Waals surface area contributed by atoms with Crippen molar-refractivity contribution < 1.29 is 29.5 Å². The molecule has 0 bridgehead atoms. The second kappa shape index (κ2) is 23.8. The summed E-state index contributed by atoms with van der Waals surface area (Å²) in [5.41, 5.74) is -0.372. The fourth-order valence-electron chi connectivity index (χ4n) is 4.75. The van der Waals surface area contributed by atoms with Gasteiger partial charge in [-0.3, -0.25) is 0 Å². The molecule has 6 heteroatoms.